The van der Waals surface area contributed by atoms with E-state index in [-0.39, 0.29) is 12.4 Å². The van der Waals surface area contributed by atoms with Crippen molar-refractivity contribution in [3.63, 3.8) is 0 Å². The molecule has 1 saturated heterocycles. The number of nitrogens with one attached hydrogen (secondary N) is 2. The fraction of sp³-hybridized carbons (Fsp3) is 0.778. The molecule has 1 fully saturated rings. The van der Waals surface area contributed by atoms with Crippen LogP contribution in [0.3, 0.4) is 0 Å². The van der Waals surface area contributed by atoms with E-state index in [4.69, 9.17) is 5.11 Å². The van der Waals surface area contributed by atoms with Crippen molar-refractivity contribution >= 4 is 16.2 Å². The summed E-state index contributed by atoms with van der Waals surface area (Å²) in [6.07, 6.45) is 1.01. The average Bonchev–Trinajstić information content (AvgIpc) is 2.92. The Balaban J connectivity index is 2.04. The van der Waals surface area contributed by atoms with E-state index in [1.807, 2.05) is 0 Å². The lowest BCUT2D eigenvalue weighted by Crippen LogP contribution is -2.48. The van der Waals surface area contributed by atoms with Crippen LogP contribution in [0.1, 0.15) is 31.6 Å². The average molecular weight is 304 g/mol. The second-order valence-corrected chi connectivity index (χ2v) is 6.35. The Morgan fingerprint density at radius 3 is 2.95 bits per heavy atom. The summed E-state index contributed by atoms with van der Waals surface area (Å²) in [5.74, 6) is -1.42. The molecule has 2 rings (SSSR count). The van der Waals surface area contributed by atoms with Crippen LogP contribution >= 0.6 is 0 Å². The van der Waals surface area contributed by atoms with Crippen LogP contribution in [0, 0.1) is 5.92 Å². The van der Waals surface area contributed by atoms with Crippen molar-refractivity contribution in [1.82, 2.24) is 29.7 Å². The van der Waals surface area contributed by atoms with Crippen molar-refractivity contribution in [3.8, 4) is 0 Å². The van der Waals surface area contributed by atoms with Crippen LogP contribution in [0.15, 0.2) is 0 Å². The highest BCUT2D eigenvalue weighted by molar-refractivity contribution is 7.87. The number of H-pyrrole nitrogens is 1. The smallest absolute Gasteiger partial charge is 0.307 e. The van der Waals surface area contributed by atoms with Crippen LogP contribution in [0.4, 0.5) is 0 Å². The van der Waals surface area contributed by atoms with E-state index in [1.165, 1.54) is 0 Å². The molecule has 0 saturated carbocycles. The van der Waals surface area contributed by atoms with Gasteiger partial charge in [-0.1, -0.05) is 5.21 Å². The molecule has 20 heavy (non-hydrogen) atoms. The maximum atomic E-state index is 12.2. The van der Waals surface area contributed by atoms with Gasteiger partial charge in [-0.2, -0.15) is 22.7 Å². The molecule has 0 spiro atoms. The number of carboxylic acids is 1. The molecule has 0 radical (unpaired) electrons. The van der Waals surface area contributed by atoms with E-state index in [0.29, 0.717) is 19.4 Å². The fourth-order valence-electron chi connectivity index (χ4n) is 2.07. The largest absolute Gasteiger partial charge is 0.481 e. The first-order valence-corrected chi connectivity index (χ1v) is 7.57. The molecule has 0 amide bonds. The van der Waals surface area contributed by atoms with Gasteiger partial charge < -0.3 is 5.11 Å². The molecular weight excluding hydrogens is 288 g/mol. The second kappa shape index (κ2) is 5.81. The molecule has 1 aromatic heterocycles. The number of rotatable bonds is 5. The van der Waals surface area contributed by atoms with Crippen LogP contribution in [-0.4, -0.2) is 57.5 Å². The molecule has 1 aliphatic rings. The van der Waals surface area contributed by atoms with E-state index < -0.39 is 28.1 Å². The Kier molecular flexibility index (Phi) is 4.30. The number of tetrazole rings is 1. The standard InChI is InChI=1S/C9H16N6O4S/c1-6(8-10-13-14-11-8)12-20(18,19)15-4-2-3-7(5-15)9(16)17/h6-7,12H,2-5H2,1H3,(H,16,17)(H,10,11,13,14). The van der Waals surface area contributed by atoms with Crippen molar-refractivity contribution in [2.24, 2.45) is 5.92 Å². The molecular formula is C9H16N6O4S. The maximum Gasteiger partial charge on any atom is 0.307 e. The normalized spacial score (nSPS) is 22.6. The Hall–Kier alpha value is -1.59. The number of carboxylic acid groups (broad SMARTS) is 1. The van der Waals surface area contributed by atoms with Crippen molar-refractivity contribution in [3.05, 3.63) is 5.82 Å². The zero-order valence-corrected chi connectivity index (χ0v) is 11.7. The van der Waals surface area contributed by atoms with Crippen molar-refractivity contribution < 1.29 is 18.3 Å². The summed E-state index contributed by atoms with van der Waals surface area (Å²) in [7, 11) is -3.78. The monoisotopic (exact) mass is 304 g/mol. The highest BCUT2D eigenvalue weighted by Crippen LogP contribution is 2.20. The Morgan fingerprint density at radius 2 is 2.35 bits per heavy atom. The third-order valence-corrected chi connectivity index (χ3v) is 4.81. The van der Waals surface area contributed by atoms with Crippen LogP contribution < -0.4 is 4.72 Å². The zero-order chi connectivity index (χ0) is 14.8. The minimum atomic E-state index is -3.78. The number of aromatic amines is 1. The number of nitrogens with zero attached hydrogens (tertiary/aromatic N) is 4. The highest BCUT2D eigenvalue weighted by Gasteiger charge is 2.33. The summed E-state index contributed by atoms with van der Waals surface area (Å²) in [4.78, 5) is 11.0. The summed E-state index contributed by atoms with van der Waals surface area (Å²) < 4.78 is 27.9. The Labute approximate surface area is 115 Å². The number of aliphatic carboxylic acids is 1. The lowest BCUT2D eigenvalue weighted by Gasteiger charge is -2.30. The summed E-state index contributed by atoms with van der Waals surface area (Å²) in [5, 5.41) is 22.0. The molecule has 1 aliphatic heterocycles. The van der Waals surface area contributed by atoms with E-state index >= 15 is 0 Å². The van der Waals surface area contributed by atoms with E-state index in [9.17, 15) is 13.2 Å². The van der Waals surface area contributed by atoms with Crippen molar-refractivity contribution in [2.45, 2.75) is 25.8 Å². The molecule has 3 N–H and O–H groups in total. The molecule has 0 bridgehead atoms. The van der Waals surface area contributed by atoms with Gasteiger partial charge in [0, 0.05) is 13.1 Å². The van der Waals surface area contributed by atoms with E-state index in [1.54, 1.807) is 6.92 Å². The fourth-order valence-corrected chi connectivity index (χ4v) is 3.51. The highest BCUT2D eigenvalue weighted by atomic mass is 32.2. The molecule has 112 valence electrons. The van der Waals surface area contributed by atoms with E-state index in [0.717, 1.165) is 4.31 Å². The van der Waals surface area contributed by atoms with Gasteiger partial charge in [-0.3, -0.25) is 4.79 Å². The minimum Gasteiger partial charge on any atom is -0.481 e. The number of hydrogen-bond acceptors (Lipinski definition) is 6. The molecule has 2 heterocycles. The topological polar surface area (TPSA) is 141 Å². The lowest BCUT2D eigenvalue weighted by molar-refractivity contribution is -0.142. The van der Waals surface area contributed by atoms with Gasteiger partial charge in [-0.25, -0.2) is 0 Å². The predicted molar refractivity (Wildman–Crippen MR) is 66.6 cm³/mol. The van der Waals surface area contributed by atoms with Crippen LogP contribution in [0.2, 0.25) is 0 Å². The Morgan fingerprint density at radius 1 is 1.60 bits per heavy atom. The molecule has 2 atom stereocenters. The van der Waals surface area contributed by atoms with Crippen molar-refractivity contribution in [1.29, 1.82) is 0 Å². The lowest BCUT2D eigenvalue weighted by atomic mass is 10.0. The third kappa shape index (κ3) is 3.29. The molecule has 10 nitrogen and oxygen atoms in total. The first-order valence-electron chi connectivity index (χ1n) is 6.13. The predicted octanol–water partition coefficient (Wildman–Crippen LogP) is -1.11. The minimum absolute atomic E-state index is 0.0242. The Bertz CT molecular complexity index is 559. The van der Waals surface area contributed by atoms with Gasteiger partial charge in [0.05, 0.1) is 12.0 Å². The van der Waals surface area contributed by atoms with Gasteiger partial charge >= 0.3 is 5.97 Å². The zero-order valence-electron chi connectivity index (χ0n) is 10.9. The van der Waals surface area contributed by atoms with Crippen LogP contribution in [0.25, 0.3) is 0 Å². The SMILES string of the molecule is CC(NS(=O)(=O)N1CCCC(C(=O)O)C1)c1nn[nH]n1. The van der Waals surface area contributed by atoms with Gasteiger partial charge in [0.2, 0.25) is 0 Å². The second-order valence-electron chi connectivity index (χ2n) is 4.65. The molecule has 11 heteroatoms. The van der Waals surface area contributed by atoms with Gasteiger partial charge in [-0.15, -0.1) is 10.2 Å². The summed E-state index contributed by atoms with van der Waals surface area (Å²) >= 11 is 0. The molecule has 0 aliphatic carbocycles. The van der Waals surface area contributed by atoms with Crippen molar-refractivity contribution in [2.75, 3.05) is 13.1 Å². The third-order valence-electron chi connectivity index (χ3n) is 3.15. The molecule has 1 aromatic rings. The first-order chi connectivity index (χ1) is 9.40. The van der Waals surface area contributed by atoms with E-state index in [2.05, 4.69) is 25.3 Å². The number of hydrogen-bond donors (Lipinski definition) is 3. The van der Waals surface area contributed by atoms with Gasteiger partial charge in [0.25, 0.3) is 10.2 Å². The first kappa shape index (κ1) is 14.8. The quantitative estimate of drug-likeness (QED) is 0.626. The van der Waals surface area contributed by atoms with Crippen LogP contribution in [-0.2, 0) is 15.0 Å². The number of aromatic nitrogens is 4. The molecule has 2 unspecified atom stereocenters. The summed E-state index contributed by atoms with van der Waals surface area (Å²) in [6, 6.07) is -0.649. The summed E-state index contributed by atoms with van der Waals surface area (Å²) in [6.45, 7) is 1.86. The van der Waals surface area contributed by atoms with Gasteiger partial charge in [0.1, 0.15) is 0 Å². The maximum absolute atomic E-state index is 12.2. The van der Waals surface area contributed by atoms with Gasteiger partial charge in [-0.05, 0) is 19.8 Å². The van der Waals surface area contributed by atoms with Gasteiger partial charge in [0.15, 0.2) is 5.82 Å². The number of carbonyl (C=O) groups is 1. The molecule has 0 aromatic carbocycles. The van der Waals surface area contributed by atoms with Crippen LogP contribution in [0.5, 0.6) is 0 Å². The number of piperidine rings is 1. The summed E-state index contributed by atoms with van der Waals surface area (Å²) in [5.41, 5.74) is 0.